The van der Waals surface area contributed by atoms with E-state index in [1.165, 1.54) is 38.5 Å². The topological polar surface area (TPSA) is 296 Å². The predicted molar refractivity (Wildman–Crippen MR) is 242 cm³/mol. The van der Waals surface area contributed by atoms with Crippen molar-refractivity contribution < 1.29 is 72.6 Å². The van der Waals surface area contributed by atoms with Gasteiger partial charge in [-0.2, -0.15) is 0 Å². The average Bonchev–Trinajstić information content (AvgIpc) is 3.26. The van der Waals surface area contributed by atoms with E-state index in [4.69, 9.17) is 34.9 Å². The van der Waals surface area contributed by atoms with E-state index < -0.39 is 36.4 Å². The number of nitrogens with two attached hydrogens (primary N) is 1. The van der Waals surface area contributed by atoms with E-state index in [-0.39, 0.29) is 127 Å². The molecule has 19 heteroatoms. The number of Topliss-reactive ketones (excluding diaryl/α,β-unsaturated/α-hetero) is 2. The molecule has 4 amide bonds. The van der Waals surface area contributed by atoms with Crippen molar-refractivity contribution >= 4 is 47.1 Å². The Labute approximate surface area is 385 Å². The molecule has 0 fully saturated rings. The normalized spacial score (nSPS) is 12.0. The SMILES string of the molecule is NC(=O)[C@H](CO)CC(=O)CCCCCNC(=O)COCCOCCCC(=O)COCCOCCNC(=O)CC[C@H](NC(=O)CCCCCCCCCCCCCCCCC(=O)O)C(=O)O. The Bertz CT molecular complexity index is 1320. The first kappa shape index (κ1) is 61.0. The van der Waals surface area contributed by atoms with Crippen molar-refractivity contribution in [2.45, 2.75) is 167 Å². The summed E-state index contributed by atoms with van der Waals surface area (Å²) in [6.07, 6.45) is 18.4. The van der Waals surface area contributed by atoms with E-state index in [0.717, 1.165) is 44.9 Å². The van der Waals surface area contributed by atoms with Crippen LogP contribution in [0.3, 0.4) is 0 Å². The average molecular weight is 931 g/mol. The molecule has 0 aliphatic rings. The minimum atomic E-state index is -1.19. The van der Waals surface area contributed by atoms with Gasteiger partial charge in [0.1, 0.15) is 25.0 Å². The van der Waals surface area contributed by atoms with Crippen LogP contribution in [0.2, 0.25) is 0 Å². The number of amides is 4. The minimum Gasteiger partial charge on any atom is -0.481 e. The van der Waals surface area contributed by atoms with Crippen molar-refractivity contribution in [3.63, 3.8) is 0 Å². The lowest BCUT2D eigenvalue weighted by molar-refractivity contribution is -0.142. The summed E-state index contributed by atoms with van der Waals surface area (Å²) in [6, 6.07) is -1.14. The zero-order valence-electron chi connectivity index (χ0n) is 38.9. The first-order chi connectivity index (χ1) is 31.3. The number of hydrogen-bond donors (Lipinski definition) is 7. The van der Waals surface area contributed by atoms with Crippen molar-refractivity contribution in [1.82, 2.24) is 16.0 Å². The monoisotopic (exact) mass is 931 g/mol. The molecule has 0 spiro atoms. The van der Waals surface area contributed by atoms with Crippen LogP contribution in [-0.2, 0) is 57.3 Å². The Kier molecular flexibility index (Phi) is 41.1. The Morgan fingerprint density at radius 3 is 1.52 bits per heavy atom. The molecule has 0 radical (unpaired) electrons. The van der Waals surface area contributed by atoms with Gasteiger partial charge < -0.3 is 56.0 Å². The number of primary amides is 1. The highest BCUT2D eigenvalue weighted by Crippen LogP contribution is 2.14. The highest BCUT2D eigenvalue weighted by Gasteiger charge is 2.21. The van der Waals surface area contributed by atoms with Crippen LogP contribution in [0.25, 0.3) is 0 Å². The second kappa shape index (κ2) is 43.8. The van der Waals surface area contributed by atoms with Gasteiger partial charge in [0.25, 0.3) is 0 Å². The van der Waals surface area contributed by atoms with E-state index in [1.54, 1.807) is 0 Å². The highest BCUT2D eigenvalue weighted by molar-refractivity contribution is 5.86. The predicted octanol–water partition coefficient (Wildman–Crippen LogP) is 3.92. The largest absolute Gasteiger partial charge is 0.481 e. The van der Waals surface area contributed by atoms with Gasteiger partial charge in [-0.15, -0.1) is 0 Å². The number of aliphatic hydroxyl groups is 1. The van der Waals surface area contributed by atoms with Crippen molar-refractivity contribution in [1.29, 1.82) is 0 Å². The quantitative estimate of drug-likeness (QED) is 0.0426. The van der Waals surface area contributed by atoms with Crippen molar-refractivity contribution in [2.24, 2.45) is 11.7 Å². The fourth-order valence-corrected chi connectivity index (χ4v) is 6.60. The molecule has 0 aromatic rings. The molecular weight excluding hydrogens is 849 g/mol. The number of hydrogen-bond acceptors (Lipinski definition) is 13. The van der Waals surface area contributed by atoms with Crippen LogP contribution in [-0.4, -0.2) is 141 Å². The third kappa shape index (κ3) is 42.4. The van der Waals surface area contributed by atoms with Gasteiger partial charge in [0.2, 0.25) is 23.6 Å². The molecule has 0 heterocycles. The number of ketones is 2. The molecular formula is C46H82N4O15. The highest BCUT2D eigenvalue weighted by atomic mass is 16.5. The number of unbranched alkanes of at least 4 members (excludes halogenated alkanes) is 15. The lowest BCUT2D eigenvalue weighted by Gasteiger charge is -2.14. The van der Waals surface area contributed by atoms with E-state index >= 15 is 0 Å². The van der Waals surface area contributed by atoms with Crippen LogP contribution in [0.5, 0.6) is 0 Å². The fraction of sp³-hybridized carbons (Fsp3) is 0.826. The van der Waals surface area contributed by atoms with Crippen LogP contribution in [0.1, 0.15) is 161 Å². The third-order valence-electron chi connectivity index (χ3n) is 10.4. The molecule has 65 heavy (non-hydrogen) atoms. The third-order valence-corrected chi connectivity index (χ3v) is 10.4. The van der Waals surface area contributed by atoms with Gasteiger partial charge in [-0.25, -0.2) is 4.79 Å². The molecule has 19 nitrogen and oxygen atoms in total. The van der Waals surface area contributed by atoms with Gasteiger partial charge in [0.15, 0.2) is 5.78 Å². The number of aliphatic hydroxyl groups excluding tert-OH is 1. The maximum atomic E-state index is 12.3. The first-order valence-corrected chi connectivity index (χ1v) is 23.9. The van der Waals surface area contributed by atoms with E-state index in [0.29, 0.717) is 45.3 Å². The molecule has 0 saturated heterocycles. The van der Waals surface area contributed by atoms with Crippen LogP contribution in [0, 0.1) is 5.92 Å². The van der Waals surface area contributed by atoms with Gasteiger partial charge in [0.05, 0.1) is 45.6 Å². The van der Waals surface area contributed by atoms with E-state index in [9.17, 15) is 43.5 Å². The molecule has 0 bridgehead atoms. The number of carboxylic acid groups (broad SMARTS) is 2. The number of aliphatic carboxylic acids is 2. The number of ether oxygens (including phenoxy) is 4. The summed E-state index contributed by atoms with van der Waals surface area (Å²) in [6.45, 7) is 1.47. The molecule has 0 aromatic carbocycles. The Hall–Kier alpha value is -4.04. The molecule has 0 aliphatic heterocycles. The Balaban J connectivity index is 3.65. The summed E-state index contributed by atoms with van der Waals surface area (Å²) in [5, 5.41) is 35.2. The summed E-state index contributed by atoms with van der Waals surface area (Å²) >= 11 is 0. The summed E-state index contributed by atoms with van der Waals surface area (Å²) in [5.74, 6) is -4.62. The van der Waals surface area contributed by atoms with Crippen LogP contribution in [0.4, 0.5) is 0 Å². The summed E-state index contributed by atoms with van der Waals surface area (Å²) in [4.78, 5) is 93.6. The van der Waals surface area contributed by atoms with Crippen LogP contribution in [0.15, 0.2) is 0 Å². The van der Waals surface area contributed by atoms with Gasteiger partial charge >= 0.3 is 11.9 Å². The summed E-state index contributed by atoms with van der Waals surface area (Å²) < 4.78 is 21.5. The van der Waals surface area contributed by atoms with Gasteiger partial charge in [-0.1, -0.05) is 83.5 Å². The molecule has 0 rings (SSSR count). The van der Waals surface area contributed by atoms with Crippen molar-refractivity contribution in [3.05, 3.63) is 0 Å². The molecule has 376 valence electrons. The van der Waals surface area contributed by atoms with Gasteiger partial charge in [-0.3, -0.25) is 33.6 Å². The molecule has 2 atom stereocenters. The molecule has 0 aliphatic carbocycles. The maximum Gasteiger partial charge on any atom is 0.326 e. The zero-order chi connectivity index (χ0) is 48.2. The standard InChI is InChI=1S/C46H82N4O15/c47-45(59)37(34-51)33-38(52)19-14-13-17-25-48-43(56)36-65-32-29-62-27-18-20-39(53)35-64-31-30-63-28-26-49-41(54)24-23-40(46(60)61)50-42(55)21-15-11-9-7-5-3-1-2-4-6-8-10-12-16-22-44(57)58/h37,40,51H,1-36H2,(H2,47,59)(H,48,56)(H,49,54)(H,50,55)(H,57,58)(H,60,61)/t37-,40-/m0/s1. The smallest absolute Gasteiger partial charge is 0.326 e. The zero-order valence-corrected chi connectivity index (χ0v) is 38.9. The summed E-state index contributed by atoms with van der Waals surface area (Å²) in [7, 11) is 0. The van der Waals surface area contributed by atoms with Crippen LogP contribution >= 0.6 is 0 Å². The van der Waals surface area contributed by atoms with Gasteiger partial charge in [0, 0.05) is 58.2 Å². The molecule has 8 N–H and O–H groups in total. The van der Waals surface area contributed by atoms with Crippen LogP contribution < -0.4 is 21.7 Å². The maximum absolute atomic E-state index is 12.3. The Morgan fingerprint density at radius 2 is 0.954 bits per heavy atom. The lowest BCUT2D eigenvalue weighted by atomic mass is 9.99. The number of carboxylic acids is 2. The second-order valence-corrected chi connectivity index (χ2v) is 16.3. The number of carbonyl (C=O) groups excluding carboxylic acids is 6. The number of rotatable bonds is 49. The van der Waals surface area contributed by atoms with Crippen molar-refractivity contribution in [2.75, 3.05) is 72.6 Å². The first-order valence-electron chi connectivity index (χ1n) is 23.9. The van der Waals surface area contributed by atoms with E-state index in [2.05, 4.69) is 16.0 Å². The van der Waals surface area contributed by atoms with Gasteiger partial charge in [-0.05, 0) is 38.5 Å². The molecule has 0 aromatic heterocycles. The molecule has 0 unspecified atom stereocenters. The lowest BCUT2D eigenvalue weighted by Crippen LogP contribution is -2.41. The number of carbonyl (C=O) groups is 8. The number of nitrogens with one attached hydrogen (secondary N) is 3. The second-order valence-electron chi connectivity index (χ2n) is 16.3. The Morgan fingerprint density at radius 1 is 0.462 bits per heavy atom. The van der Waals surface area contributed by atoms with Crippen molar-refractivity contribution in [3.8, 4) is 0 Å². The van der Waals surface area contributed by atoms with E-state index in [1.807, 2.05) is 0 Å². The minimum absolute atomic E-state index is 0.0298. The molecule has 0 saturated carbocycles. The summed E-state index contributed by atoms with van der Waals surface area (Å²) in [5.41, 5.74) is 5.13. The fourth-order valence-electron chi connectivity index (χ4n) is 6.60.